The Morgan fingerprint density at radius 1 is 0.774 bits per heavy atom. The minimum Gasteiger partial charge on any atom is -0.504 e. The number of phenols is 2. The third kappa shape index (κ3) is 5.63. The maximum atomic E-state index is 10.7. The summed E-state index contributed by atoms with van der Waals surface area (Å²) in [6.07, 6.45) is 1.13. The van der Waals surface area contributed by atoms with Crippen LogP contribution in [0.5, 0.6) is 23.0 Å². The summed E-state index contributed by atoms with van der Waals surface area (Å²) in [7, 11) is 0. The molecule has 2 rings (SSSR count). The van der Waals surface area contributed by atoms with Gasteiger partial charge in [0.15, 0.2) is 23.0 Å². The highest BCUT2D eigenvalue weighted by atomic mass is 16.5. The summed E-state index contributed by atoms with van der Waals surface area (Å²) in [6.45, 7) is 20.8. The van der Waals surface area contributed by atoms with Gasteiger partial charge in [-0.3, -0.25) is 0 Å². The lowest BCUT2D eigenvalue weighted by Gasteiger charge is -2.29. The highest BCUT2D eigenvalue weighted by Gasteiger charge is 2.28. The number of hydrogen-bond acceptors (Lipinski definition) is 4. The van der Waals surface area contributed by atoms with Crippen molar-refractivity contribution in [2.75, 3.05) is 13.2 Å². The second-order valence-electron chi connectivity index (χ2n) is 8.72. The predicted molar refractivity (Wildman–Crippen MR) is 128 cm³/mol. The monoisotopic (exact) mass is 424 g/mol. The largest absolute Gasteiger partial charge is 0.504 e. The Morgan fingerprint density at radius 2 is 1.13 bits per heavy atom. The van der Waals surface area contributed by atoms with E-state index >= 15 is 0 Å². The molecule has 0 saturated carbocycles. The first kappa shape index (κ1) is 24.4. The van der Waals surface area contributed by atoms with E-state index in [9.17, 15) is 10.2 Å². The molecule has 2 N–H and O–H groups in total. The minimum atomic E-state index is -0.438. The summed E-state index contributed by atoms with van der Waals surface area (Å²) in [5.41, 5.74) is 5.05. The van der Waals surface area contributed by atoms with Crippen LogP contribution < -0.4 is 9.47 Å². The number of phenolic OH excluding ortho intramolecular Hbond substituents is 2. The summed E-state index contributed by atoms with van der Waals surface area (Å²) >= 11 is 0. The van der Waals surface area contributed by atoms with Crippen LogP contribution in [0, 0.1) is 0 Å². The van der Waals surface area contributed by atoms with Gasteiger partial charge in [-0.15, -0.1) is 0 Å². The first-order valence-electron chi connectivity index (χ1n) is 10.8. The fraction of sp³-hybridized carbons (Fsp3) is 0.407. The zero-order chi connectivity index (χ0) is 23.3. The molecule has 4 heteroatoms. The topological polar surface area (TPSA) is 58.9 Å². The van der Waals surface area contributed by atoms with Gasteiger partial charge in [0.2, 0.25) is 0 Å². The molecule has 0 bridgehead atoms. The molecule has 0 saturated heterocycles. The smallest absolute Gasteiger partial charge is 0.161 e. The van der Waals surface area contributed by atoms with E-state index in [1.165, 1.54) is 0 Å². The lowest BCUT2D eigenvalue weighted by molar-refractivity contribution is 0.314. The van der Waals surface area contributed by atoms with Crippen LogP contribution in [0.1, 0.15) is 63.8 Å². The molecule has 2 aromatic carbocycles. The molecule has 0 unspecified atom stereocenters. The van der Waals surface area contributed by atoms with Gasteiger partial charge in [0.1, 0.15) is 0 Å². The zero-order valence-corrected chi connectivity index (χ0v) is 19.8. The van der Waals surface area contributed by atoms with Gasteiger partial charge >= 0.3 is 0 Å². The van der Waals surface area contributed by atoms with Crippen molar-refractivity contribution < 1.29 is 19.7 Å². The van der Waals surface area contributed by atoms with Gasteiger partial charge in [-0.25, -0.2) is 0 Å². The average Bonchev–Trinajstić information content (AvgIpc) is 2.67. The summed E-state index contributed by atoms with van der Waals surface area (Å²) in [5.74, 6) is 1.26. The maximum Gasteiger partial charge on any atom is 0.161 e. The number of benzene rings is 2. The van der Waals surface area contributed by atoms with E-state index in [4.69, 9.17) is 9.47 Å². The Balaban J connectivity index is 2.69. The van der Waals surface area contributed by atoms with E-state index < -0.39 is 5.41 Å². The molecule has 0 heterocycles. The van der Waals surface area contributed by atoms with E-state index in [1.807, 2.05) is 52.0 Å². The Hall–Kier alpha value is -2.88. The van der Waals surface area contributed by atoms with Gasteiger partial charge in [0.25, 0.3) is 0 Å². The van der Waals surface area contributed by atoms with Crippen molar-refractivity contribution in [3.8, 4) is 23.0 Å². The van der Waals surface area contributed by atoms with Gasteiger partial charge < -0.3 is 19.7 Å². The summed E-state index contributed by atoms with van der Waals surface area (Å²) < 4.78 is 11.5. The lowest BCUT2D eigenvalue weighted by Crippen LogP contribution is -2.20. The van der Waals surface area contributed by atoms with Crippen molar-refractivity contribution in [1.29, 1.82) is 0 Å². The second-order valence-corrected chi connectivity index (χ2v) is 8.72. The van der Waals surface area contributed by atoms with Crippen molar-refractivity contribution in [2.24, 2.45) is 0 Å². The first-order valence-corrected chi connectivity index (χ1v) is 10.8. The Bertz CT molecular complexity index is 892. The molecule has 0 aliphatic heterocycles. The van der Waals surface area contributed by atoms with E-state index in [0.29, 0.717) is 37.6 Å². The Kier molecular flexibility index (Phi) is 7.83. The van der Waals surface area contributed by atoms with Crippen molar-refractivity contribution in [1.82, 2.24) is 0 Å². The maximum absolute atomic E-state index is 10.7. The van der Waals surface area contributed by atoms with Crippen LogP contribution in [0.3, 0.4) is 0 Å². The molecule has 0 aromatic heterocycles. The summed E-state index contributed by atoms with van der Waals surface area (Å²) in [4.78, 5) is 0. The molecule has 2 aromatic rings. The average molecular weight is 425 g/mol. The molecule has 0 amide bonds. The first-order chi connectivity index (χ1) is 14.5. The SMILES string of the molecule is C=C(C)Cc1cc(C(C)(C)c2cc(CC(=C)C)c(O)c(OCC)c2)cc(OCC)c1O. The number of aromatic hydroxyl groups is 2. The molecule has 0 aliphatic rings. The fourth-order valence-electron chi connectivity index (χ4n) is 3.67. The lowest BCUT2D eigenvalue weighted by atomic mass is 9.76. The van der Waals surface area contributed by atoms with Gasteiger partial charge in [0.05, 0.1) is 13.2 Å². The van der Waals surface area contributed by atoms with Crippen molar-refractivity contribution >= 4 is 0 Å². The zero-order valence-electron chi connectivity index (χ0n) is 19.8. The number of rotatable bonds is 10. The standard InChI is InChI=1S/C27H36O4/c1-9-30-23-15-21(13-19(25(23)28)11-17(3)4)27(7,8)22-14-20(12-18(5)6)26(29)24(16-22)31-10-2/h13-16,28-29H,3,5,9-12H2,1-2,4,6-8H3. The van der Waals surface area contributed by atoms with Crippen molar-refractivity contribution in [3.05, 3.63) is 70.8 Å². The van der Waals surface area contributed by atoms with Gasteiger partial charge in [-0.1, -0.05) is 50.3 Å². The molecule has 0 radical (unpaired) electrons. The highest BCUT2D eigenvalue weighted by Crippen LogP contribution is 2.43. The number of hydrogen-bond donors (Lipinski definition) is 2. The predicted octanol–water partition coefficient (Wildman–Crippen LogP) is 6.46. The summed E-state index contributed by atoms with van der Waals surface area (Å²) in [5, 5.41) is 21.4. The Labute approximate surface area is 186 Å². The van der Waals surface area contributed by atoms with Crippen LogP contribution in [0.25, 0.3) is 0 Å². The Morgan fingerprint density at radius 3 is 1.42 bits per heavy atom. The summed E-state index contributed by atoms with van der Waals surface area (Å²) in [6, 6.07) is 7.81. The van der Waals surface area contributed by atoms with Gasteiger partial charge in [-0.05, 0) is 63.8 Å². The van der Waals surface area contributed by atoms with Crippen LogP contribution >= 0.6 is 0 Å². The highest BCUT2D eigenvalue weighted by molar-refractivity contribution is 5.56. The van der Waals surface area contributed by atoms with E-state index in [0.717, 1.165) is 33.4 Å². The van der Waals surface area contributed by atoms with Crippen LogP contribution in [-0.2, 0) is 18.3 Å². The van der Waals surface area contributed by atoms with Crippen LogP contribution in [0.2, 0.25) is 0 Å². The molecule has 0 spiro atoms. The van der Waals surface area contributed by atoms with Crippen LogP contribution in [-0.4, -0.2) is 23.4 Å². The molecule has 31 heavy (non-hydrogen) atoms. The number of ether oxygens (including phenoxy) is 2. The third-order valence-electron chi connectivity index (χ3n) is 5.34. The third-order valence-corrected chi connectivity index (χ3v) is 5.34. The normalized spacial score (nSPS) is 11.3. The molecular formula is C27H36O4. The van der Waals surface area contributed by atoms with E-state index in [-0.39, 0.29) is 11.5 Å². The number of allylic oxidation sites excluding steroid dienone is 2. The quantitative estimate of drug-likeness (QED) is 0.430. The van der Waals surface area contributed by atoms with Gasteiger partial charge in [-0.2, -0.15) is 0 Å². The van der Waals surface area contributed by atoms with Gasteiger partial charge in [0, 0.05) is 16.5 Å². The molecule has 0 aliphatic carbocycles. The van der Waals surface area contributed by atoms with E-state index in [1.54, 1.807) is 0 Å². The molecule has 0 atom stereocenters. The molecule has 4 nitrogen and oxygen atoms in total. The second kappa shape index (κ2) is 9.95. The van der Waals surface area contributed by atoms with Crippen molar-refractivity contribution in [2.45, 2.75) is 59.8 Å². The molecular weight excluding hydrogens is 388 g/mol. The van der Waals surface area contributed by atoms with Crippen LogP contribution in [0.4, 0.5) is 0 Å². The fourth-order valence-corrected chi connectivity index (χ4v) is 3.67. The van der Waals surface area contributed by atoms with E-state index in [2.05, 4.69) is 27.0 Å². The van der Waals surface area contributed by atoms with Crippen LogP contribution in [0.15, 0.2) is 48.6 Å². The van der Waals surface area contributed by atoms with Crippen molar-refractivity contribution in [3.63, 3.8) is 0 Å². The molecule has 0 fully saturated rings. The minimum absolute atomic E-state index is 0.160. The molecule has 168 valence electrons.